The largest absolute Gasteiger partial charge is 0.487 e. The summed E-state index contributed by atoms with van der Waals surface area (Å²) in [5.74, 6) is -2.31. The van der Waals surface area contributed by atoms with Crippen LogP contribution in [0.2, 0.25) is 0 Å². The Balaban J connectivity index is 1.51. The molecule has 3 atom stereocenters. The van der Waals surface area contributed by atoms with Gasteiger partial charge in [0.25, 0.3) is 10.0 Å². The number of nitrogens with two attached hydrogens (primary N) is 2. The van der Waals surface area contributed by atoms with Crippen molar-refractivity contribution in [3.8, 4) is 5.75 Å². The highest BCUT2D eigenvalue weighted by Gasteiger charge is 2.37. The lowest BCUT2D eigenvalue weighted by Crippen LogP contribution is -2.55. The molecule has 1 aliphatic rings. The van der Waals surface area contributed by atoms with Gasteiger partial charge in [0.15, 0.2) is 0 Å². The van der Waals surface area contributed by atoms with Gasteiger partial charge in [-0.2, -0.15) is 0 Å². The Labute approximate surface area is 340 Å². The maximum absolute atomic E-state index is 13.8. The van der Waals surface area contributed by atoms with Gasteiger partial charge in [-0.15, -0.1) is 0 Å². The minimum atomic E-state index is -4.16. The van der Waals surface area contributed by atoms with E-state index in [0.717, 1.165) is 11.1 Å². The molecule has 16 nitrogen and oxygen atoms in total. The molecule has 3 aromatic rings. The normalized spacial score (nSPS) is 15.6. The predicted molar refractivity (Wildman–Crippen MR) is 221 cm³/mol. The summed E-state index contributed by atoms with van der Waals surface area (Å²) < 4.78 is 42.6. The number of aliphatic imine (C=N–C) groups is 1. The van der Waals surface area contributed by atoms with E-state index in [-0.39, 0.29) is 42.6 Å². The van der Waals surface area contributed by atoms with Gasteiger partial charge in [-0.25, -0.2) is 22.7 Å². The molecular formula is C41H59N7O9S. The Morgan fingerprint density at radius 3 is 2.28 bits per heavy atom. The summed E-state index contributed by atoms with van der Waals surface area (Å²) in [6.07, 6.45) is 1.66. The van der Waals surface area contributed by atoms with Crippen LogP contribution in [0.3, 0.4) is 0 Å². The summed E-state index contributed by atoms with van der Waals surface area (Å²) in [5, 5.41) is 16.0. The molecule has 0 unspecified atom stereocenters. The molecule has 2 aromatic carbocycles. The van der Waals surface area contributed by atoms with Crippen molar-refractivity contribution in [2.75, 3.05) is 6.54 Å². The van der Waals surface area contributed by atoms with E-state index in [1.165, 1.54) is 10.8 Å². The van der Waals surface area contributed by atoms with Crippen molar-refractivity contribution in [3.63, 3.8) is 0 Å². The molecule has 318 valence electrons. The average Bonchev–Trinajstić information content (AvgIpc) is 3.63. The number of benzene rings is 2. The van der Waals surface area contributed by atoms with E-state index >= 15 is 0 Å². The smallest absolute Gasteiger partial charge is 0.419 e. The number of carbonyl (C=O) groups is 4. The van der Waals surface area contributed by atoms with Gasteiger partial charge in [-0.1, -0.05) is 32.0 Å². The number of hydrogen-bond donors (Lipinski definition) is 6. The number of amides is 2. The average molecular weight is 826 g/mol. The third-order valence-electron chi connectivity index (χ3n) is 9.85. The van der Waals surface area contributed by atoms with Crippen LogP contribution in [0.4, 0.5) is 4.79 Å². The Bertz CT molecular complexity index is 2200. The molecule has 0 saturated heterocycles. The number of rotatable bonds is 15. The first kappa shape index (κ1) is 45.5. The second kappa shape index (κ2) is 17.8. The fourth-order valence-corrected chi connectivity index (χ4v) is 8.62. The molecular weight excluding hydrogens is 767 g/mol. The quantitative estimate of drug-likeness (QED) is 0.0723. The number of aromatic nitrogens is 1. The second-order valence-electron chi connectivity index (χ2n) is 17.0. The first-order valence-electron chi connectivity index (χ1n) is 19.4. The summed E-state index contributed by atoms with van der Waals surface area (Å²) in [6.45, 7) is 18.1. The Morgan fingerprint density at radius 2 is 1.66 bits per heavy atom. The van der Waals surface area contributed by atoms with Crippen molar-refractivity contribution >= 4 is 50.8 Å². The van der Waals surface area contributed by atoms with E-state index in [0.29, 0.717) is 46.2 Å². The molecule has 1 aliphatic heterocycles. The molecule has 0 fully saturated rings. The van der Waals surface area contributed by atoms with Crippen molar-refractivity contribution in [2.45, 2.75) is 136 Å². The molecule has 17 heteroatoms. The van der Waals surface area contributed by atoms with Gasteiger partial charge >= 0.3 is 12.1 Å². The minimum Gasteiger partial charge on any atom is -0.487 e. The predicted octanol–water partition coefficient (Wildman–Crippen LogP) is 4.11. The van der Waals surface area contributed by atoms with Crippen LogP contribution in [0.25, 0.3) is 10.9 Å². The lowest BCUT2D eigenvalue weighted by Gasteiger charge is -2.23. The van der Waals surface area contributed by atoms with Crippen molar-refractivity contribution < 1.29 is 42.2 Å². The first-order valence-corrected chi connectivity index (χ1v) is 20.9. The van der Waals surface area contributed by atoms with Gasteiger partial charge in [0, 0.05) is 36.5 Å². The molecule has 0 bridgehead atoms. The zero-order chi connectivity index (χ0) is 43.5. The van der Waals surface area contributed by atoms with Crippen molar-refractivity contribution in [3.05, 3.63) is 58.3 Å². The van der Waals surface area contributed by atoms with E-state index in [9.17, 15) is 32.7 Å². The number of aliphatic carboxylic acids is 1. The van der Waals surface area contributed by atoms with Crippen LogP contribution in [0, 0.1) is 26.7 Å². The number of fused-ring (bicyclic) bond motifs is 2. The molecule has 0 aliphatic carbocycles. The summed E-state index contributed by atoms with van der Waals surface area (Å²) in [4.78, 5) is 56.8. The van der Waals surface area contributed by atoms with Gasteiger partial charge in [-0.05, 0) is 109 Å². The van der Waals surface area contributed by atoms with E-state index < -0.39 is 63.2 Å². The van der Waals surface area contributed by atoms with Gasteiger partial charge in [0.1, 0.15) is 29.0 Å². The fraction of sp³-hybridized carbons (Fsp3) is 0.537. The van der Waals surface area contributed by atoms with Crippen LogP contribution in [-0.2, 0) is 42.0 Å². The van der Waals surface area contributed by atoms with Crippen molar-refractivity contribution in [1.82, 2.24) is 19.9 Å². The van der Waals surface area contributed by atoms with Crippen LogP contribution in [-0.4, -0.2) is 83.8 Å². The van der Waals surface area contributed by atoms with E-state index in [1.807, 2.05) is 34.6 Å². The van der Waals surface area contributed by atoms with E-state index in [4.69, 9.17) is 20.9 Å². The van der Waals surface area contributed by atoms with Crippen LogP contribution < -0.4 is 31.6 Å². The van der Waals surface area contributed by atoms with Crippen LogP contribution >= 0.6 is 0 Å². The lowest BCUT2D eigenvalue weighted by molar-refractivity contribution is -0.142. The van der Waals surface area contributed by atoms with Crippen LogP contribution in [0.5, 0.6) is 5.75 Å². The fourth-order valence-electron chi connectivity index (χ4n) is 7.09. The molecule has 58 heavy (non-hydrogen) atoms. The SMILES string of the molecule is Cc1c(C)c(S(=O)(=O)NC(N)=NCCC[C@H](NC(=O)[C@@H](N)CC(C)C)C(=O)N[C@@H](Cc2cn(C(=O)OC(C)(C)C)c3ccccc23)C(=O)O)c(C)c2c1OC(C)(C)C2. The maximum Gasteiger partial charge on any atom is 0.419 e. The highest BCUT2D eigenvalue weighted by molar-refractivity contribution is 7.90. The van der Waals surface area contributed by atoms with Crippen LogP contribution in [0.15, 0.2) is 40.4 Å². The monoisotopic (exact) mass is 825 g/mol. The van der Waals surface area contributed by atoms with Gasteiger partial charge < -0.3 is 36.7 Å². The minimum absolute atomic E-state index is 0.0161. The number of nitrogens with one attached hydrogen (secondary N) is 3. The first-order chi connectivity index (χ1) is 26.8. The van der Waals surface area contributed by atoms with E-state index in [2.05, 4.69) is 20.3 Å². The molecule has 1 aromatic heterocycles. The number of carbonyl (C=O) groups excluding carboxylic acids is 3. The number of ether oxygens (including phenoxy) is 2. The summed E-state index contributed by atoms with van der Waals surface area (Å²) in [5.41, 5.74) is 14.5. The topological polar surface area (TPSA) is 247 Å². The number of para-hydroxylation sites is 1. The number of carboxylic acid groups (broad SMARTS) is 1. The molecule has 2 heterocycles. The summed E-state index contributed by atoms with van der Waals surface area (Å²) in [6, 6.07) is 3.32. The number of nitrogens with zero attached hydrogens (tertiary/aromatic N) is 2. The molecule has 8 N–H and O–H groups in total. The Morgan fingerprint density at radius 1 is 1.02 bits per heavy atom. The summed E-state index contributed by atoms with van der Waals surface area (Å²) >= 11 is 0. The van der Waals surface area contributed by atoms with E-state index in [1.54, 1.807) is 58.9 Å². The molecule has 0 spiro atoms. The summed E-state index contributed by atoms with van der Waals surface area (Å²) in [7, 11) is -4.16. The van der Waals surface area contributed by atoms with Gasteiger partial charge in [0.05, 0.1) is 16.5 Å². The third-order valence-corrected chi connectivity index (χ3v) is 11.5. The molecule has 0 radical (unpaired) electrons. The van der Waals surface area contributed by atoms with Crippen molar-refractivity contribution in [2.24, 2.45) is 22.4 Å². The standard InChI is InChI=1S/C41H59N7O9S/c1-22(2)18-29(42)35(49)45-30(15-13-17-44-38(43)47-58(54,55)34-24(4)23(3)33-28(25(34)5)20-41(9,10)56-33)36(50)46-31(37(51)52)19-26-21-48(39(53)57-40(6,7)8)32-16-12-11-14-27(26)32/h11-12,14,16,21-22,29-31H,13,15,17-20,42H2,1-10H3,(H,45,49)(H,46,50)(H,51,52)(H3,43,44,47)/t29-,30-,31-/m0/s1. The highest BCUT2D eigenvalue weighted by Crippen LogP contribution is 2.43. The number of hydrogen-bond acceptors (Lipinski definition) is 10. The number of sulfonamides is 1. The van der Waals surface area contributed by atoms with Gasteiger partial charge in [0.2, 0.25) is 17.8 Å². The molecule has 2 amide bonds. The Hall–Kier alpha value is -5.16. The lowest BCUT2D eigenvalue weighted by atomic mass is 9.94. The zero-order valence-corrected chi connectivity index (χ0v) is 35.9. The Kier molecular flexibility index (Phi) is 14.0. The van der Waals surface area contributed by atoms with Gasteiger partial charge in [-0.3, -0.25) is 19.1 Å². The number of guanidine groups is 1. The molecule has 0 saturated carbocycles. The second-order valence-corrected chi connectivity index (χ2v) is 18.6. The number of carboxylic acids is 1. The molecule has 4 rings (SSSR count). The van der Waals surface area contributed by atoms with Crippen molar-refractivity contribution in [1.29, 1.82) is 0 Å². The zero-order valence-electron chi connectivity index (χ0n) is 35.1. The maximum atomic E-state index is 13.8. The third kappa shape index (κ3) is 11.1. The van der Waals surface area contributed by atoms with Crippen LogP contribution in [0.1, 0.15) is 95.5 Å². The highest BCUT2D eigenvalue weighted by atomic mass is 32.2.